The van der Waals surface area contributed by atoms with E-state index in [1.54, 1.807) is 0 Å². The minimum Gasteiger partial charge on any atom is -0.480 e. The topological polar surface area (TPSA) is 96.5 Å². The molecule has 0 aliphatic carbocycles. The van der Waals surface area contributed by atoms with Crippen LogP contribution < -0.4 is 0 Å². The van der Waals surface area contributed by atoms with E-state index in [0.29, 0.717) is 31.2 Å². The minimum atomic E-state index is -0.938. The molecule has 0 spiro atoms. The summed E-state index contributed by atoms with van der Waals surface area (Å²) in [5.74, 6) is -0.320. The molecule has 2 heterocycles. The summed E-state index contributed by atoms with van der Waals surface area (Å²) in [6.07, 6.45) is 2.67. The van der Waals surface area contributed by atoms with Crippen LogP contribution in [0, 0.1) is 0 Å². The molecular weight excluding hydrogens is 310 g/mol. The zero-order valence-electron chi connectivity index (χ0n) is 13.2. The zero-order chi connectivity index (χ0) is 16.9. The highest BCUT2D eigenvalue weighted by molar-refractivity contribution is 5.83. The molecule has 0 bridgehead atoms. The van der Waals surface area contributed by atoms with E-state index in [9.17, 15) is 14.7 Å². The van der Waals surface area contributed by atoms with Gasteiger partial charge in [0.25, 0.3) is 0 Å². The van der Waals surface area contributed by atoms with E-state index in [1.165, 1.54) is 4.90 Å². The Morgan fingerprint density at radius 1 is 1.21 bits per heavy atom. The maximum Gasteiger partial charge on any atom is 0.326 e. The van der Waals surface area contributed by atoms with Gasteiger partial charge in [-0.2, -0.15) is 0 Å². The van der Waals surface area contributed by atoms with E-state index in [-0.39, 0.29) is 12.3 Å². The largest absolute Gasteiger partial charge is 0.480 e. The van der Waals surface area contributed by atoms with Crippen molar-refractivity contribution in [1.82, 2.24) is 15.1 Å². The molecule has 1 amide bonds. The Morgan fingerprint density at radius 2 is 2.00 bits per heavy atom. The second kappa shape index (κ2) is 7.25. The van der Waals surface area contributed by atoms with Crippen LogP contribution in [0.1, 0.15) is 31.6 Å². The van der Waals surface area contributed by atoms with Crippen molar-refractivity contribution in [3.05, 3.63) is 36.2 Å². The number of benzene rings is 1. The summed E-state index contributed by atoms with van der Waals surface area (Å²) in [4.78, 5) is 25.1. The van der Waals surface area contributed by atoms with Crippen LogP contribution in [0.2, 0.25) is 0 Å². The van der Waals surface area contributed by atoms with Gasteiger partial charge in [-0.3, -0.25) is 4.79 Å². The third kappa shape index (κ3) is 3.61. The Hall–Kier alpha value is -2.70. The van der Waals surface area contributed by atoms with Crippen molar-refractivity contribution in [3.8, 4) is 11.5 Å². The number of carbonyl (C=O) groups excluding carboxylic acids is 1. The molecule has 1 aliphatic rings. The number of likely N-dealkylation sites (tertiary alicyclic amines) is 1. The van der Waals surface area contributed by atoms with Crippen LogP contribution in [0.5, 0.6) is 0 Å². The van der Waals surface area contributed by atoms with Crippen LogP contribution >= 0.6 is 0 Å². The molecule has 0 radical (unpaired) electrons. The smallest absolute Gasteiger partial charge is 0.326 e. The normalized spacial score (nSPS) is 17.7. The summed E-state index contributed by atoms with van der Waals surface area (Å²) in [6, 6.07) is 8.68. The van der Waals surface area contributed by atoms with Crippen molar-refractivity contribution in [2.24, 2.45) is 0 Å². The van der Waals surface area contributed by atoms with Gasteiger partial charge in [-0.05, 0) is 31.4 Å². The first-order chi connectivity index (χ1) is 11.6. The molecule has 1 aliphatic heterocycles. The second-order valence-electron chi connectivity index (χ2n) is 5.80. The lowest BCUT2D eigenvalue weighted by Gasteiger charge is -2.32. The molecule has 1 N–H and O–H groups in total. The van der Waals surface area contributed by atoms with Crippen LogP contribution in [0.25, 0.3) is 11.5 Å². The van der Waals surface area contributed by atoms with Crippen LogP contribution in [0.15, 0.2) is 34.7 Å². The van der Waals surface area contributed by atoms with E-state index in [1.807, 2.05) is 30.3 Å². The third-order valence-corrected chi connectivity index (χ3v) is 4.15. The number of hydrogen-bond acceptors (Lipinski definition) is 5. The number of hydrogen-bond donors (Lipinski definition) is 1. The summed E-state index contributed by atoms with van der Waals surface area (Å²) in [6.45, 7) is 0.495. The fourth-order valence-electron chi connectivity index (χ4n) is 2.90. The van der Waals surface area contributed by atoms with Crippen molar-refractivity contribution >= 4 is 11.9 Å². The molecule has 1 aromatic heterocycles. The molecule has 0 saturated carbocycles. The number of carbonyl (C=O) groups is 2. The number of amides is 1. The number of nitrogens with zero attached hydrogens (tertiary/aromatic N) is 3. The summed E-state index contributed by atoms with van der Waals surface area (Å²) >= 11 is 0. The van der Waals surface area contributed by atoms with Gasteiger partial charge in [0.05, 0.1) is 0 Å². The Bertz CT molecular complexity index is 714. The number of rotatable bonds is 5. The highest BCUT2D eigenvalue weighted by atomic mass is 16.4. The molecule has 2 aromatic rings. The van der Waals surface area contributed by atoms with Gasteiger partial charge in [0, 0.05) is 24.9 Å². The SMILES string of the molecule is O=C(O)[C@@H]1CCCCN1C(=O)CCc1nnc(-c2ccccc2)o1. The summed E-state index contributed by atoms with van der Waals surface area (Å²) < 4.78 is 5.57. The van der Waals surface area contributed by atoms with Gasteiger partial charge in [-0.1, -0.05) is 18.2 Å². The van der Waals surface area contributed by atoms with E-state index < -0.39 is 12.0 Å². The lowest BCUT2D eigenvalue weighted by atomic mass is 10.0. The molecule has 7 heteroatoms. The molecule has 1 fully saturated rings. The average molecular weight is 329 g/mol. The molecule has 0 unspecified atom stereocenters. The number of carboxylic acid groups (broad SMARTS) is 1. The fourth-order valence-corrected chi connectivity index (χ4v) is 2.90. The van der Waals surface area contributed by atoms with Crippen molar-refractivity contribution in [2.75, 3.05) is 6.54 Å². The Kier molecular flexibility index (Phi) is 4.88. The number of piperidine rings is 1. The number of aliphatic carboxylic acids is 1. The van der Waals surface area contributed by atoms with Crippen molar-refractivity contribution in [2.45, 2.75) is 38.1 Å². The van der Waals surface area contributed by atoms with Crippen molar-refractivity contribution < 1.29 is 19.1 Å². The maximum absolute atomic E-state index is 12.3. The first-order valence-corrected chi connectivity index (χ1v) is 8.05. The first kappa shape index (κ1) is 16.2. The maximum atomic E-state index is 12.3. The molecule has 1 aromatic carbocycles. The Balaban J connectivity index is 1.60. The predicted octanol–water partition coefficient (Wildman–Crippen LogP) is 2.13. The van der Waals surface area contributed by atoms with Crippen molar-refractivity contribution in [1.29, 1.82) is 0 Å². The standard InChI is InChI=1S/C17H19N3O4/c21-15(20-11-5-4-8-13(20)17(22)23)10-9-14-18-19-16(24-14)12-6-2-1-3-7-12/h1-3,6-7,13H,4-5,8-11H2,(H,22,23)/t13-/m0/s1. The minimum absolute atomic E-state index is 0.167. The lowest BCUT2D eigenvalue weighted by Crippen LogP contribution is -2.48. The number of aromatic nitrogens is 2. The van der Waals surface area contributed by atoms with Gasteiger partial charge in [0.15, 0.2) is 0 Å². The third-order valence-electron chi connectivity index (χ3n) is 4.15. The predicted molar refractivity (Wildman–Crippen MR) is 85.0 cm³/mol. The molecule has 126 valence electrons. The van der Waals surface area contributed by atoms with Gasteiger partial charge < -0.3 is 14.4 Å². The molecule has 24 heavy (non-hydrogen) atoms. The highest BCUT2D eigenvalue weighted by Crippen LogP contribution is 2.20. The summed E-state index contributed by atoms with van der Waals surface area (Å²) in [5.41, 5.74) is 0.824. The molecule has 7 nitrogen and oxygen atoms in total. The van der Waals surface area contributed by atoms with E-state index >= 15 is 0 Å². The average Bonchev–Trinajstić information content (AvgIpc) is 3.09. The highest BCUT2D eigenvalue weighted by Gasteiger charge is 2.31. The number of carboxylic acids is 1. The van der Waals surface area contributed by atoms with Crippen molar-refractivity contribution in [3.63, 3.8) is 0 Å². The summed E-state index contributed by atoms with van der Waals surface area (Å²) in [7, 11) is 0. The Labute approximate surface area is 139 Å². The molecule has 1 atom stereocenters. The van der Waals surface area contributed by atoms with Gasteiger partial charge >= 0.3 is 5.97 Å². The van der Waals surface area contributed by atoms with Crippen LogP contribution in [0.4, 0.5) is 0 Å². The van der Waals surface area contributed by atoms with E-state index in [0.717, 1.165) is 18.4 Å². The Morgan fingerprint density at radius 3 is 2.75 bits per heavy atom. The molecular formula is C17H19N3O4. The monoisotopic (exact) mass is 329 g/mol. The van der Waals surface area contributed by atoms with Gasteiger partial charge in [-0.15, -0.1) is 10.2 Å². The molecule has 1 saturated heterocycles. The second-order valence-corrected chi connectivity index (χ2v) is 5.80. The fraction of sp³-hybridized carbons (Fsp3) is 0.412. The number of aryl methyl sites for hydroxylation is 1. The summed E-state index contributed by atoms with van der Waals surface area (Å²) in [5, 5.41) is 17.2. The first-order valence-electron chi connectivity index (χ1n) is 8.05. The molecule has 3 rings (SSSR count). The van der Waals surface area contributed by atoms with Crippen LogP contribution in [-0.2, 0) is 16.0 Å². The van der Waals surface area contributed by atoms with Crippen LogP contribution in [-0.4, -0.2) is 44.7 Å². The zero-order valence-corrected chi connectivity index (χ0v) is 13.2. The quantitative estimate of drug-likeness (QED) is 0.902. The van der Waals surface area contributed by atoms with Gasteiger partial charge in [0.2, 0.25) is 17.7 Å². The van der Waals surface area contributed by atoms with Gasteiger partial charge in [0.1, 0.15) is 6.04 Å². The van der Waals surface area contributed by atoms with Crippen LogP contribution in [0.3, 0.4) is 0 Å². The van der Waals surface area contributed by atoms with E-state index in [2.05, 4.69) is 10.2 Å². The lowest BCUT2D eigenvalue weighted by molar-refractivity contribution is -0.152. The van der Waals surface area contributed by atoms with E-state index in [4.69, 9.17) is 4.42 Å². The van der Waals surface area contributed by atoms with Gasteiger partial charge in [-0.25, -0.2) is 4.79 Å².